The fourth-order valence-electron chi connectivity index (χ4n) is 1.87. The van der Waals surface area contributed by atoms with Crippen LogP contribution in [-0.2, 0) is 0 Å². The number of para-hydroxylation sites is 1. The molecule has 0 aliphatic carbocycles. The van der Waals surface area contributed by atoms with Gasteiger partial charge in [-0.15, -0.1) is 0 Å². The number of pyridine rings is 1. The van der Waals surface area contributed by atoms with Gasteiger partial charge < -0.3 is 5.11 Å². The topological polar surface area (TPSA) is 76.0 Å². The molecule has 6 heteroatoms. The summed E-state index contributed by atoms with van der Waals surface area (Å²) in [7, 11) is 0. The smallest absolute Gasteiger partial charge is 0.354 e. The van der Waals surface area contributed by atoms with Crippen LogP contribution in [0.4, 0.5) is 0 Å². The van der Waals surface area contributed by atoms with Gasteiger partial charge in [0, 0.05) is 22.7 Å². The van der Waals surface area contributed by atoms with Crippen LogP contribution in [0.5, 0.6) is 0 Å². The number of fused-ring (bicyclic) bond motifs is 1. The van der Waals surface area contributed by atoms with E-state index < -0.39 is 5.97 Å². The van der Waals surface area contributed by atoms with Gasteiger partial charge in [0.05, 0.1) is 5.52 Å². The van der Waals surface area contributed by atoms with Gasteiger partial charge in [0.15, 0.2) is 5.16 Å². The number of nitrogens with zero attached hydrogens (tertiary/aromatic N) is 3. The highest BCUT2D eigenvalue weighted by Gasteiger charge is 2.12. The van der Waals surface area contributed by atoms with Gasteiger partial charge in [0.25, 0.3) is 0 Å². The quantitative estimate of drug-likeness (QED) is 0.748. The maximum absolute atomic E-state index is 11.2. The van der Waals surface area contributed by atoms with Crippen molar-refractivity contribution in [2.45, 2.75) is 17.0 Å². The molecular weight excluding hydrogens is 286 g/mol. The van der Waals surface area contributed by atoms with E-state index in [2.05, 4.69) is 15.0 Å². The molecule has 3 rings (SSSR count). The van der Waals surface area contributed by atoms with Crippen LogP contribution in [0.25, 0.3) is 10.9 Å². The Morgan fingerprint density at radius 3 is 2.62 bits per heavy atom. The Morgan fingerprint density at radius 2 is 1.90 bits per heavy atom. The summed E-state index contributed by atoms with van der Waals surface area (Å²) < 4.78 is 0. The first kappa shape index (κ1) is 13.5. The van der Waals surface area contributed by atoms with Crippen molar-refractivity contribution < 1.29 is 9.90 Å². The van der Waals surface area contributed by atoms with Crippen molar-refractivity contribution in [2.75, 3.05) is 0 Å². The van der Waals surface area contributed by atoms with Crippen LogP contribution in [0.2, 0.25) is 0 Å². The molecule has 0 radical (unpaired) electrons. The molecule has 1 aromatic carbocycles. The number of carbonyl (C=O) groups is 1. The second-order valence-electron chi connectivity index (χ2n) is 4.47. The molecule has 3 aromatic rings. The second-order valence-corrected chi connectivity index (χ2v) is 5.48. The van der Waals surface area contributed by atoms with E-state index in [1.165, 1.54) is 11.8 Å². The zero-order valence-corrected chi connectivity index (χ0v) is 12.0. The van der Waals surface area contributed by atoms with Crippen LogP contribution >= 0.6 is 11.8 Å². The minimum atomic E-state index is -1.05. The third-order valence-electron chi connectivity index (χ3n) is 2.86. The lowest BCUT2D eigenvalue weighted by atomic mass is 10.2. The Labute approximate surface area is 125 Å². The van der Waals surface area contributed by atoms with Gasteiger partial charge in [0.1, 0.15) is 5.69 Å². The number of rotatable bonds is 3. The Bertz CT molecular complexity index is 819. The van der Waals surface area contributed by atoms with Crippen LogP contribution in [0, 0.1) is 6.92 Å². The molecule has 0 amide bonds. The Kier molecular flexibility index (Phi) is 3.53. The molecule has 0 bridgehead atoms. The summed E-state index contributed by atoms with van der Waals surface area (Å²) in [6.07, 6.45) is 3.47. The zero-order valence-electron chi connectivity index (χ0n) is 11.1. The van der Waals surface area contributed by atoms with Crippen molar-refractivity contribution in [3.8, 4) is 0 Å². The molecule has 104 valence electrons. The van der Waals surface area contributed by atoms with Crippen LogP contribution in [-0.4, -0.2) is 26.0 Å². The van der Waals surface area contributed by atoms with Gasteiger partial charge in [-0.25, -0.2) is 19.7 Å². The predicted molar refractivity (Wildman–Crippen MR) is 79.6 cm³/mol. The molecule has 0 saturated heterocycles. The van der Waals surface area contributed by atoms with Crippen LogP contribution in [0.3, 0.4) is 0 Å². The average molecular weight is 297 g/mol. The highest BCUT2D eigenvalue weighted by atomic mass is 32.2. The van der Waals surface area contributed by atoms with Gasteiger partial charge in [-0.1, -0.05) is 18.2 Å². The average Bonchev–Trinajstić information content (AvgIpc) is 2.49. The molecule has 0 aliphatic rings. The molecule has 5 nitrogen and oxygen atoms in total. The predicted octanol–water partition coefficient (Wildman–Crippen LogP) is 3.18. The van der Waals surface area contributed by atoms with Crippen LogP contribution in [0.15, 0.2) is 52.8 Å². The number of aromatic carboxylic acids is 1. The van der Waals surface area contributed by atoms with Crippen molar-refractivity contribution in [2.24, 2.45) is 0 Å². The molecule has 1 N–H and O–H groups in total. The number of carboxylic acid groups (broad SMARTS) is 1. The van der Waals surface area contributed by atoms with Crippen LogP contribution < -0.4 is 0 Å². The molecule has 0 atom stereocenters. The Morgan fingerprint density at radius 1 is 1.19 bits per heavy atom. The normalized spacial score (nSPS) is 10.7. The molecule has 0 unspecified atom stereocenters. The van der Waals surface area contributed by atoms with Gasteiger partial charge in [0.2, 0.25) is 0 Å². The largest absolute Gasteiger partial charge is 0.477 e. The van der Waals surface area contributed by atoms with Crippen LogP contribution in [0.1, 0.15) is 16.1 Å². The molecule has 0 saturated carbocycles. The SMILES string of the molecule is Cc1cnc(Sc2cc(C(=O)O)nc3ccccc23)nc1. The zero-order chi connectivity index (χ0) is 14.8. The number of aryl methyl sites for hydroxylation is 1. The summed E-state index contributed by atoms with van der Waals surface area (Å²) in [4.78, 5) is 24.6. The molecular formula is C15H11N3O2S. The molecule has 21 heavy (non-hydrogen) atoms. The fourth-order valence-corrected chi connectivity index (χ4v) is 2.73. The number of carboxylic acids is 1. The third kappa shape index (κ3) is 2.85. The van der Waals surface area contributed by atoms with E-state index in [0.717, 1.165) is 15.8 Å². The Balaban J connectivity index is 2.11. The first-order chi connectivity index (χ1) is 10.1. The van der Waals surface area contributed by atoms with Crippen molar-refractivity contribution in [1.82, 2.24) is 15.0 Å². The van der Waals surface area contributed by atoms with E-state index in [1.807, 2.05) is 25.1 Å². The maximum atomic E-state index is 11.2. The monoisotopic (exact) mass is 297 g/mol. The van der Waals surface area contributed by atoms with E-state index in [4.69, 9.17) is 5.11 Å². The van der Waals surface area contributed by atoms with Gasteiger partial charge in [-0.2, -0.15) is 0 Å². The van der Waals surface area contributed by atoms with Crippen molar-refractivity contribution in [3.63, 3.8) is 0 Å². The Hall–Kier alpha value is -2.47. The lowest BCUT2D eigenvalue weighted by molar-refractivity contribution is 0.0690. The first-order valence-corrected chi connectivity index (χ1v) is 7.05. The lowest BCUT2D eigenvalue weighted by Gasteiger charge is -2.06. The summed E-state index contributed by atoms with van der Waals surface area (Å²) in [6.45, 7) is 1.92. The van der Waals surface area contributed by atoms with E-state index >= 15 is 0 Å². The summed E-state index contributed by atoms with van der Waals surface area (Å²) in [5, 5.41) is 10.6. The van der Waals surface area contributed by atoms with Crippen molar-refractivity contribution >= 4 is 28.6 Å². The van der Waals surface area contributed by atoms with Gasteiger partial charge in [-0.3, -0.25) is 0 Å². The van der Waals surface area contributed by atoms with E-state index in [9.17, 15) is 4.79 Å². The lowest BCUT2D eigenvalue weighted by Crippen LogP contribution is -2.01. The third-order valence-corrected chi connectivity index (χ3v) is 3.81. The van der Waals surface area contributed by atoms with Gasteiger partial charge >= 0.3 is 5.97 Å². The number of hydrogen-bond donors (Lipinski definition) is 1. The maximum Gasteiger partial charge on any atom is 0.354 e. The molecule has 0 aliphatic heterocycles. The summed E-state index contributed by atoms with van der Waals surface area (Å²) in [5.41, 5.74) is 1.64. The van der Waals surface area contributed by atoms with E-state index in [0.29, 0.717) is 10.7 Å². The first-order valence-electron chi connectivity index (χ1n) is 6.23. The van der Waals surface area contributed by atoms with Crippen molar-refractivity contribution in [3.05, 3.63) is 54.0 Å². The van der Waals surface area contributed by atoms with Gasteiger partial charge in [-0.05, 0) is 36.4 Å². The highest BCUT2D eigenvalue weighted by Crippen LogP contribution is 2.31. The molecule has 2 aromatic heterocycles. The summed E-state index contributed by atoms with van der Waals surface area (Å²) in [6, 6.07) is 8.98. The summed E-state index contributed by atoms with van der Waals surface area (Å²) >= 11 is 1.33. The molecule has 0 fully saturated rings. The number of hydrogen-bond acceptors (Lipinski definition) is 5. The minimum Gasteiger partial charge on any atom is -0.477 e. The second kappa shape index (κ2) is 5.49. The minimum absolute atomic E-state index is 0.0170. The number of aromatic nitrogens is 3. The van der Waals surface area contributed by atoms with E-state index in [-0.39, 0.29) is 5.69 Å². The molecule has 0 spiro atoms. The summed E-state index contributed by atoms with van der Waals surface area (Å²) in [5.74, 6) is -1.05. The van der Waals surface area contributed by atoms with E-state index in [1.54, 1.807) is 24.5 Å². The highest BCUT2D eigenvalue weighted by molar-refractivity contribution is 7.99. The standard InChI is InChI=1S/C15H11N3O2S/c1-9-7-16-15(17-8-9)21-13-6-12(14(19)20)18-11-5-3-2-4-10(11)13/h2-8H,1H3,(H,19,20). The number of benzene rings is 1. The molecule has 2 heterocycles. The van der Waals surface area contributed by atoms with Crippen molar-refractivity contribution in [1.29, 1.82) is 0 Å². The fraction of sp³-hybridized carbons (Fsp3) is 0.0667.